The minimum atomic E-state index is -5.41. The second-order valence-corrected chi connectivity index (χ2v) is 9.81. The number of carbonyl (C=O) groups excluding carboxylic acids is 2. The van der Waals surface area contributed by atoms with Gasteiger partial charge in [0.1, 0.15) is 12.6 Å². The Bertz CT molecular complexity index is 1420. The highest BCUT2D eigenvalue weighted by Gasteiger charge is 2.42. The molecule has 0 bridgehead atoms. The third-order valence-electron chi connectivity index (χ3n) is 6.60. The van der Waals surface area contributed by atoms with Crippen LogP contribution in [0.5, 0.6) is 0 Å². The lowest BCUT2D eigenvalue weighted by Crippen LogP contribution is -2.17. The molecule has 16 heteroatoms. The molecule has 0 aliphatic rings. The number of hydrogen-bond donors (Lipinski definition) is 0. The molecule has 238 valence electrons. The van der Waals surface area contributed by atoms with Crippen LogP contribution in [0.25, 0.3) is 22.5 Å². The number of hydrogen-bond acceptors (Lipinski definition) is 4. The van der Waals surface area contributed by atoms with Crippen LogP contribution >= 0.6 is 0 Å². The van der Waals surface area contributed by atoms with E-state index in [0.29, 0.717) is 36.8 Å². The summed E-state index contributed by atoms with van der Waals surface area (Å²) in [7, 11) is 0. The molecule has 0 aliphatic carbocycles. The van der Waals surface area contributed by atoms with Crippen molar-refractivity contribution in [3.63, 3.8) is 0 Å². The highest BCUT2D eigenvalue weighted by molar-refractivity contribution is 5.74. The Morgan fingerprint density at radius 3 is 1.14 bits per heavy atom. The maximum atomic E-state index is 14.1. The Hall–Kier alpha value is -3.98. The number of aldehydes is 2. The second-order valence-electron chi connectivity index (χ2n) is 9.81. The van der Waals surface area contributed by atoms with Gasteiger partial charge in [-0.25, -0.2) is 9.97 Å². The van der Waals surface area contributed by atoms with Crippen LogP contribution in [0, 0.1) is 0 Å². The van der Waals surface area contributed by atoms with Crippen LogP contribution in [0.1, 0.15) is 72.2 Å². The predicted octanol–water partition coefficient (Wildman–Crippen LogP) is 9.27. The van der Waals surface area contributed by atoms with Crippen molar-refractivity contribution in [1.82, 2.24) is 9.97 Å². The first-order valence-corrected chi connectivity index (χ1v) is 12.5. The molecule has 0 saturated heterocycles. The Morgan fingerprint density at radius 1 is 0.568 bits per heavy atom. The molecule has 0 aliphatic heterocycles. The Labute approximate surface area is 241 Å². The summed E-state index contributed by atoms with van der Waals surface area (Å²) < 4.78 is 164. The smallest absolute Gasteiger partial charge is 0.303 e. The zero-order valence-electron chi connectivity index (χ0n) is 22.4. The number of halogens is 12. The summed E-state index contributed by atoms with van der Waals surface area (Å²) in [4.78, 5) is 30.8. The molecular formula is C28H20F12N2O2. The zero-order valence-corrected chi connectivity index (χ0v) is 22.4. The summed E-state index contributed by atoms with van der Waals surface area (Å²) in [6, 6.07) is 1.15. The van der Waals surface area contributed by atoms with Gasteiger partial charge in [-0.2, -0.15) is 52.7 Å². The maximum absolute atomic E-state index is 14.1. The first kappa shape index (κ1) is 34.5. The Balaban J connectivity index is 2.54. The average Bonchev–Trinajstić information content (AvgIpc) is 2.90. The van der Waals surface area contributed by atoms with Gasteiger partial charge in [-0.3, -0.25) is 0 Å². The van der Waals surface area contributed by atoms with Gasteiger partial charge < -0.3 is 9.59 Å². The van der Waals surface area contributed by atoms with Crippen molar-refractivity contribution in [1.29, 1.82) is 0 Å². The third-order valence-corrected chi connectivity index (χ3v) is 6.60. The van der Waals surface area contributed by atoms with Crippen molar-refractivity contribution >= 4 is 12.6 Å². The SMILES string of the molecule is CC(CC=O)c1nc(-c2ccc(C(F)(F)F)cc2C(F)(F)F)c(C(C)CC=O)nc1-c1ccc(C(F)(F)F)cc1C(F)(F)F. The fraction of sp³-hybridized carbons (Fsp3) is 0.357. The summed E-state index contributed by atoms with van der Waals surface area (Å²) in [6.45, 7) is 2.46. The van der Waals surface area contributed by atoms with Crippen LogP contribution in [-0.4, -0.2) is 22.5 Å². The Kier molecular flexibility index (Phi) is 9.56. The van der Waals surface area contributed by atoms with Crippen LogP contribution in [0.15, 0.2) is 36.4 Å². The van der Waals surface area contributed by atoms with Gasteiger partial charge in [0.05, 0.1) is 45.0 Å². The van der Waals surface area contributed by atoms with Crippen LogP contribution in [-0.2, 0) is 34.3 Å². The molecule has 0 N–H and O–H groups in total. The highest BCUT2D eigenvalue weighted by Crippen LogP contribution is 2.46. The average molecular weight is 644 g/mol. The van der Waals surface area contributed by atoms with Gasteiger partial charge in [0.2, 0.25) is 0 Å². The van der Waals surface area contributed by atoms with Gasteiger partial charge in [-0.15, -0.1) is 0 Å². The van der Waals surface area contributed by atoms with E-state index in [1.54, 1.807) is 0 Å². The van der Waals surface area contributed by atoms with Crippen LogP contribution < -0.4 is 0 Å². The van der Waals surface area contributed by atoms with Crippen molar-refractivity contribution in [3.05, 3.63) is 70.0 Å². The molecule has 44 heavy (non-hydrogen) atoms. The van der Waals surface area contributed by atoms with Gasteiger partial charge in [0.25, 0.3) is 0 Å². The molecule has 0 saturated carbocycles. The lowest BCUT2D eigenvalue weighted by molar-refractivity contribution is -0.144. The van der Waals surface area contributed by atoms with Crippen molar-refractivity contribution in [2.24, 2.45) is 0 Å². The maximum Gasteiger partial charge on any atom is 0.417 e. The standard InChI is InChI=1S/C28H20F12N2O2/c1-13(7-9-43)21-23(17-5-3-15(25(29,30)31)11-19(17)27(35,36)37)42-22(14(2)8-10-44)24(41-21)18-6-4-16(26(32,33)34)12-20(18)28(38,39)40/h3-6,9-14H,7-8H2,1-2H3. The van der Waals surface area contributed by atoms with Crippen molar-refractivity contribution in [2.45, 2.75) is 63.2 Å². The molecule has 2 unspecified atom stereocenters. The van der Waals surface area contributed by atoms with Crippen molar-refractivity contribution in [3.8, 4) is 22.5 Å². The number of alkyl halides is 12. The van der Waals surface area contributed by atoms with Gasteiger partial charge in [-0.05, 0) is 24.3 Å². The van der Waals surface area contributed by atoms with E-state index in [4.69, 9.17) is 0 Å². The molecule has 0 fully saturated rings. The second kappa shape index (κ2) is 12.2. The lowest BCUT2D eigenvalue weighted by atomic mass is 9.90. The largest absolute Gasteiger partial charge is 0.417 e. The first-order valence-electron chi connectivity index (χ1n) is 12.5. The zero-order chi connectivity index (χ0) is 33.4. The summed E-state index contributed by atoms with van der Waals surface area (Å²) in [6.07, 6.45) is -21.6. The summed E-state index contributed by atoms with van der Waals surface area (Å²) in [5, 5.41) is 0. The van der Waals surface area contributed by atoms with E-state index in [0.717, 1.165) is 0 Å². The monoisotopic (exact) mass is 644 g/mol. The van der Waals surface area contributed by atoms with E-state index >= 15 is 0 Å². The topological polar surface area (TPSA) is 59.9 Å². The third kappa shape index (κ3) is 7.38. The quantitative estimate of drug-likeness (QED) is 0.181. The van der Waals surface area contributed by atoms with E-state index in [9.17, 15) is 62.3 Å². The summed E-state index contributed by atoms with van der Waals surface area (Å²) in [5.74, 6) is -2.37. The van der Waals surface area contributed by atoms with Crippen LogP contribution in [0.3, 0.4) is 0 Å². The number of carbonyl (C=O) groups is 2. The fourth-order valence-corrected chi connectivity index (χ4v) is 4.38. The normalized spacial score (nSPS) is 14.3. The summed E-state index contributed by atoms with van der Waals surface area (Å²) in [5.41, 5.74) is -11.5. The molecule has 4 nitrogen and oxygen atoms in total. The van der Waals surface area contributed by atoms with Crippen molar-refractivity contribution in [2.75, 3.05) is 0 Å². The number of aromatic nitrogens is 2. The van der Waals surface area contributed by atoms with Crippen LogP contribution in [0.4, 0.5) is 52.7 Å². The number of benzene rings is 2. The molecule has 0 amide bonds. The minimum absolute atomic E-state index is 0.189. The van der Waals surface area contributed by atoms with E-state index < -0.39 is 106 Å². The van der Waals surface area contributed by atoms with E-state index in [-0.39, 0.29) is 12.1 Å². The van der Waals surface area contributed by atoms with Gasteiger partial charge in [-0.1, -0.05) is 26.0 Å². The van der Waals surface area contributed by atoms with Crippen LogP contribution in [0.2, 0.25) is 0 Å². The fourth-order valence-electron chi connectivity index (χ4n) is 4.38. The highest BCUT2D eigenvalue weighted by atomic mass is 19.4. The van der Waals surface area contributed by atoms with Gasteiger partial charge in [0.15, 0.2) is 0 Å². The molecule has 3 rings (SSSR count). The van der Waals surface area contributed by atoms with E-state index in [1.807, 2.05) is 0 Å². The first-order chi connectivity index (χ1) is 20.1. The minimum Gasteiger partial charge on any atom is -0.303 e. The lowest BCUT2D eigenvalue weighted by Gasteiger charge is -2.24. The van der Waals surface area contributed by atoms with Gasteiger partial charge in [0, 0.05) is 35.8 Å². The molecule has 1 heterocycles. The van der Waals surface area contributed by atoms with E-state index in [1.165, 1.54) is 13.8 Å². The molecule has 0 spiro atoms. The van der Waals surface area contributed by atoms with Gasteiger partial charge >= 0.3 is 24.7 Å². The van der Waals surface area contributed by atoms with Crippen molar-refractivity contribution < 1.29 is 62.3 Å². The molecule has 2 aromatic carbocycles. The van der Waals surface area contributed by atoms with E-state index in [2.05, 4.69) is 9.97 Å². The Morgan fingerprint density at radius 2 is 0.886 bits per heavy atom. The summed E-state index contributed by atoms with van der Waals surface area (Å²) >= 11 is 0. The molecular weight excluding hydrogens is 624 g/mol. The molecule has 1 aromatic heterocycles. The molecule has 3 aromatic rings. The predicted molar refractivity (Wildman–Crippen MR) is 131 cm³/mol. The molecule has 2 atom stereocenters. The number of rotatable bonds is 8. The number of nitrogens with zero attached hydrogens (tertiary/aromatic N) is 2. The molecule has 0 radical (unpaired) electrons.